The molecule has 0 unspecified atom stereocenters. The highest BCUT2D eigenvalue weighted by Gasteiger charge is 2.32. The number of nitrogens with one attached hydrogen (secondary N) is 1. The molecule has 0 aliphatic carbocycles. The molecule has 1 aromatic carbocycles. The Morgan fingerprint density at radius 1 is 1.43 bits per heavy atom. The second kappa shape index (κ2) is 7.17. The lowest BCUT2D eigenvalue weighted by molar-refractivity contribution is -0.115. The number of aromatic nitrogens is 4. The van der Waals surface area contributed by atoms with Gasteiger partial charge in [0.05, 0.1) is 6.42 Å². The number of aryl methyl sites for hydroxylation is 1. The molecule has 1 aliphatic rings. The first-order chi connectivity index (χ1) is 13.4. The van der Waals surface area contributed by atoms with E-state index in [-0.39, 0.29) is 23.8 Å². The lowest BCUT2D eigenvalue weighted by atomic mass is 9.93. The third kappa shape index (κ3) is 3.16. The van der Waals surface area contributed by atoms with E-state index in [0.717, 1.165) is 11.4 Å². The van der Waals surface area contributed by atoms with E-state index in [1.807, 2.05) is 4.57 Å². The zero-order chi connectivity index (χ0) is 20.0. The van der Waals surface area contributed by atoms with E-state index in [1.54, 1.807) is 18.5 Å². The van der Waals surface area contributed by atoms with Gasteiger partial charge in [-0.2, -0.15) is 0 Å². The summed E-state index contributed by atoms with van der Waals surface area (Å²) >= 11 is 6.72. The predicted molar refractivity (Wildman–Crippen MR) is 104 cm³/mol. The zero-order valence-electron chi connectivity index (χ0n) is 15.2. The second-order valence-electron chi connectivity index (χ2n) is 6.81. The largest absolute Gasteiger partial charge is 0.323 e. The summed E-state index contributed by atoms with van der Waals surface area (Å²) in [5.41, 5.74) is 3.61. The van der Waals surface area contributed by atoms with Gasteiger partial charge in [-0.3, -0.25) is 4.79 Å². The molecule has 1 amide bonds. The Kier molecular flexibility index (Phi) is 4.84. The van der Waals surface area contributed by atoms with Crippen LogP contribution >= 0.6 is 23.6 Å². The van der Waals surface area contributed by atoms with E-state index in [4.69, 9.17) is 12.2 Å². The SMILES string of the molecule is Cc1ccc(F)c([C@@H]2Cc3c(CC(=O)Nc4nncs4)n(C)c(=S)n3C2)c1F. The Bertz CT molecular complexity index is 1120. The lowest BCUT2D eigenvalue weighted by Crippen LogP contribution is -2.17. The number of carbonyl (C=O) groups excluding carboxylic acids is 1. The molecule has 2 aromatic heterocycles. The summed E-state index contributed by atoms with van der Waals surface area (Å²) in [6, 6.07) is 2.73. The van der Waals surface area contributed by atoms with Crippen molar-refractivity contribution in [2.24, 2.45) is 7.05 Å². The van der Waals surface area contributed by atoms with Crippen molar-refractivity contribution >= 4 is 34.6 Å². The number of nitrogens with zero attached hydrogens (tertiary/aromatic N) is 4. The maximum absolute atomic E-state index is 14.6. The highest BCUT2D eigenvalue weighted by Crippen LogP contribution is 2.36. The van der Waals surface area contributed by atoms with Gasteiger partial charge in [0.2, 0.25) is 11.0 Å². The first-order valence-corrected chi connectivity index (χ1v) is 9.93. The quantitative estimate of drug-likeness (QED) is 0.655. The van der Waals surface area contributed by atoms with E-state index in [1.165, 1.54) is 29.0 Å². The normalized spacial score (nSPS) is 15.6. The van der Waals surface area contributed by atoms with Crippen molar-refractivity contribution in [3.63, 3.8) is 0 Å². The van der Waals surface area contributed by atoms with Crippen LogP contribution in [0.2, 0.25) is 0 Å². The molecule has 1 N–H and O–H groups in total. The molecule has 0 spiro atoms. The first kappa shape index (κ1) is 18.9. The molecule has 1 aliphatic heterocycles. The molecule has 0 saturated carbocycles. The number of benzene rings is 1. The van der Waals surface area contributed by atoms with Crippen LogP contribution in [0.3, 0.4) is 0 Å². The predicted octanol–water partition coefficient (Wildman–Crippen LogP) is 3.52. The first-order valence-electron chi connectivity index (χ1n) is 8.64. The number of hydrogen-bond acceptors (Lipinski definition) is 5. The van der Waals surface area contributed by atoms with Crippen LogP contribution in [-0.2, 0) is 31.2 Å². The average Bonchev–Trinajstić information content (AvgIpc) is 3.35. The summed E-state index contributed by atoms with van der Waals surface area (Å²) in [4.78, 5) is 12.4. The minimum Gasteiger partial charge on any atom is -0.323 e. The summed E-state index contributed by atoms with van der Waals surface area (Å²) in [5, 5.41) is 10.6. The molecular formula is C18H17F2N5OS2. The number of fused-ring (bicyclic) bond motifs is 1. The van der Waals surface area contributed by atoms with Gasteiger partial charge in [0, 0.05) is 36.5 Å². The second-order valence-corrected chi connectivity index (χ2v) is 8.01. The summed E-state index contributed by atoms with van der Waals surface area (Å²) < 4.78 is 33.1. The zero-order valence-corrected chi connectivity index (χ0v) is 16.8. The molecule has 6 nitrogen and oxygen atoms in total. The van der Waals surface area contributed by atoms with E-state index in [9.17, 15) is 13.6 Å². The fraction of sp³-hybridized carbons (Fsp3) is 0.333. The van der Waals surface area contributed by atoms with Gasteiger partial charge >= 0.3 is 0 Å². The lowest BCUT2D eigenvalue weighted by Gasteiger charge is -2.14. The van der Waals surface area contributed by atoms with Crippen molar-refractivity contribution in [1.29, 1.82) is 0 Å². The maximum atomic E-state index is 14.6. The van der Waals surface area contributed by atoms with Crippen LogP contribution in [0.25, 0.3) is 0 Å². The number of hydrogen-bond donors (Lipinski definition) is 1. The fourth-order valence-corrected chi connectivity index (χ4v) is 4.46. The molecule has 0 bridgehead atoms. The van der Waals surface area contributed by atoms with E-state index in [0.29, 0.717) is 28.4 Å². The Hall–Kier alpha value is -2.46. The number of halogens is 2. The highest BCUT2D eigenvalue weighted by atomic mass is 32.1. The number of carbonyl (C=O) groups is 1. The Balaban J connectivity index is 1.63. The molecule has 10 heteroatoms. The van der Waals surface area contributed by atoms with Crippen LogP contribution in [0, 0.1) is 23.3 Å². The van der Waals surface area contributed by atoms with Gasteiger partial charge in [0.25, 0.3) is 0 Å². The number of amides is 1. The molecule has 3 aromatic rings. The molecule has 0 saturated heterocycles. The third-order valence-electron chi connectivity index (χ3n) is 5.09. The van der Waals surface area contributed by atoms with Crippen LogP contribution < -0.4 is 5.32 Å². The van der Waals surface area contributed by atoms with Gasteiger partial charge in [-0.05, 0) is 37.2 Å². The molecule has 0 fully saturated rings. The van der Waals surface area contributed by atoms with Crippen molar-refractivity contribution in [3.8, 4) is 0 Å². The fourth-order valence-electron chi connectivity index (χ4n) is 3.71. The van der Waals surface area contributed by atoms with Crippen molar-refractivity contribution < 1.29 is 13.6 Å². The van der Waals surface area contributed by atoms with Crippen LogP contribution in [0.15, 0.2) is 17.6 Å². The summed E-state index contributed by atoms with van der Waals surface area (Å²) in [5.74, 6) is -1.67. The maximum Gasteiger partial charge on any atom is 0.232 e. The van der Waals surface area contributed by atoms with E-state index >= 15 is 0 Å². The van der Waals surface area contributed by atoms with Gasteiger partial charge in [0.15, 0.2) is 4.77 Å². The molecule has 146 valence electrons. The smallest absolute Gasteiger partial charge is 0.232 e. The molecule has 3 heterocycles. The van der Waals surface area contributed by atoms with E-state index in [2.05, 4.69) is 15.5 Å². The molecule has 0 radical (unpaired) electrons. The minimum absolute atomic E-state index is 0.0880. The standard InChI is InChI=1S/C18H17F2N5OS2/c1-9-3-4-11(19)15(16(9)20)10-5-13-12(24(2)18(27)25(13)7-10)6-14(26)22-17-23-21-8-28-17/h3-4,8,10H,5-7H2,1-2H3,(H,22,23,26)/t10-/m1/s1. The molecule has 4 rings (SSSR count). The Morgan fingerprint density at radius 3 is 2.93 bits per heavy atom. The monoisotopic (exact) mass is 421 g/mol. The molecule has 28 heavy (non-hydrogen) atoms. The Morgan fingerprint density at radius 2 is 2.21 bits per heavy atom. The van der Waals surface area contributed by atoms with Crippen LogP contribution in [0.5, 0.6) is 0 Å². The van der Waals surface area contributed by atoms with Crippen LogP contribution in [0.1, 0.15) is 28.4 Å². The van der Waals surface area contributed by atoms with Crippen molar-refractivity contribution in [2.45, 2.75) is 32.2 Å². The van der Waals surface area contributed by atoms with Crippen molar-refractivity contribution in [1.82, 2.24) is 19.3 Å². The average molecular weight is 421 g/mol. The number of anilines is 1. The van der Waals surface area contributed by atoms with Gasteiger partial charge < -0.3 is 14.5 Å². The van der Waals surface area contributed by atoms with Gasteiger partial charge in [-0.25, -0.2) is 8.78 Å². The van der Waals surface area contributed by atoms with Gasteiger partial charge in [-0.15, -0.1) is 10.2 Å². The van der Waals surface area contributed by atoms with Crippen LogP contribution in [-0.4, -0.2) is 25.2 Å². The number of imidazole rings is 1. The van der Waals surface area contributed by atoms with Crippen molar-refractivity contribution in [2.75, 3.05) is 5.32 Å². The highest BCUT2D eigenvalue weighted by molar-refractivity contribution is 7.71. The minimum atomic E-state index is -0.551. The Labute approximate surface area is 168 Å². The van der Waals surface area contributed by atoms with Gasteiger partial charge in [-0.1, -0.05) is 17.4 Å². The van der Waals surface area contributed by atoms with Gasteiger partial charge in [0.1, 0.15) is 17.1 Å². The molecule has 1 atom stereocenters. The van der Waals surface area contributed by atoms with E-state index < -0.39 is 11.6 Å². The summed E-state index contributed by atoms with van der Waals surface area (Å²) in [6.07, 6.45) is 0.511. The van der Waals surface area contributed by atoms with Crippen LogP contribution in [0.4, 0.5) is 13.9 Å². The summed E-state index contributed by atoms with van der Waals surface area (Å²) in [6.45, 7) is 2.01. The van der Waals surface area contributed by atoms with Crippen molar-refractivity contribution in [3.05, 3.63) is 56.6 Å². The topological polar surface area (TPSA) is 64.7 Å². The number of rotatable bonds is 4. The third-order valence-corrected chi connectivity index (χ3v) is 6.19. The summed E-state index contributed by atoms with van der Waals surface area (Å²) in [7, 11) is 1.80. The molecular weight excluding hydrogens is 404 g/mol.